The predicted molar refractivity (Wildman–Crippen MR) is 129 cm³/mol. The lowest BCUT2D eigenvalue weighted by Crippen LogP contribution is -2.18. The maximum atomic E-state index is 12.8. The highest BCUT2D eigenvalue weighted by Gasteiger charge is 2.18. The van der Waals surface area contributed by atoms with Crippen LogP contribution < -0.4 is 15.5 Å². The number of carbonyl (C=O) groups excluding carboxylic acids is 2. The number of nitrogens with one attached hydrogen (secondary N) is 2. The molecule has 0 unspecified atom stereocenters. The molecular formula is C26H28N2O6. The van der Waals surface area contributed by atoms with Gasteiger partial charge in [-0.25, -0.2) is 10.3 Å². The molecule has 8 heteroatoms. The lowest BCUT2D eigenvalue weighted by molar-refractivity contribution is -0.124. The summed E-state index contributed by atoms with van der Waals surface area (Å²) in [6, 6.07) is 20.6. The standard InChI is InChI=1S/C26H28N2O6/c29-16-17-33-21-11-6-10-20(18-21)24(14-2-1-3-15-25(30)28-32)34-26(31)27-23-13-7-9-19-8-4-5-12-22(19)23/h3-13,15,18,24,29,32H,1-2,14,16-17H2,(H,27,31)(H,28,30)/b15-3+/t24-/m0/s1. The van der Waals surface area contributed by atoms with Crippen LogP contribution in [-0.2, 0) is 9.53 Å². The number of fused-ring (bicyclic) bond motifs is 1. The number of carbonyl (C=O) groups is 2. The van der Waals surface area contributed by atoms with Crippen LogP contribution in [0.5, 0.6) is 5.75 Å². The second kappa shape index (κ2) is 13.0. The summed E-state index contributed by atoms with van der Waals surface area (Å²) < 4.78 is 11.3. The van der Waals surface area contributed by atoms with Crippen molar-refractivity contribution in [3.63, 3.8) is 0 Å². The van der Waals surface area contributed by atoms with E-state index in [2.05, 4.69) is 5.32 Å². The monoisotopic (exact) mass is 464 g/mol. The van der Waals surface area contributed by atoms with Crippen LogP contribution in [0.3, 0.4) is 0 Å². The van der Waals surface area contributed by atoms with E-state index in [1.807, 2.05) is 48.5 Å². The first-order valence-corrected chi connectivity index (χ1v) is 11.0. The van der Waals surface area contributed by atoms with Crippen molar-refractivity contribution in [2.45, 2.75) is 25.4 Å². The molecule has 3 aromatic carbocycles. The van der Waals surface area contributed by atoms with Gasteiger partial charge in [0.15, 0.2) is 0 Å². The average molecular weight is 465 g/mol. The number of unbranched alkanes of at least 4 members (excludes halogenated alkanes) is 1. The van der Waals surface area contributed by atoms with Crippen LogP contribution >= 0.6 is 0 Å². The van der Waals surface area contributed by atoms with E-state index >= 15 is 0 Å². The molecule has 3 aromatic rings. The van der Waals surface area contributed by atoms with Crippen LogP contribution in [0, 0.1) is 0 Å². The third kappa shape index (κ3) is 7.33. The third-order valence-electron chi connectivity index (χ3n) is 5.08. The Morgan fingerprint density at radius 2 is 1.82 bits per heavy atom. The molecule has 0 saturated heterocycles. The van der Waals surface area contributed by atoms with Crippen LogP contribution in [0.2, 0.25) is 0 Å². The number of anilines is 1. The minimum atomic E-state index is -0.601. The quantitative estimate of drug-likeness (QED) is 0.141. The molecular weight excluding hydrogens is 436 g/mol. The number of aliphatic hydroxyl groups is 1. The lowest BCUT2D eigenvalue weighted by Gasteiger charge is -2.20. The summed E-state index contributed by atoms with van der Waals surface area (Å²) >= 11 is 0. The maximum absolute atomic E-state index is 12.8. The molecule has 34 heavy (non-hydrogen) atoms. The molecule has 8 nitrogen and oxygen atoms in total. The summed E-state index contributed by atoms with van der Waals surface area (Å²) in [5, 5.41) is 22.3. The first-order chi connectivity index (χ1) is 16.6. The van der Waals surface area contributed by atoms with E-state index in [0.717, 1.165) is 16.3 Å². The molecule has 0 aliphatic carbocycles. The number of ether oxygens (including phenoxy) is 2. The second-order valence-electron chi connectivity index (χ2n) is 7.50. The van der Waals surface area contributed by atoms with Gasteiger partial charge in [-0.05, 0) is 48.4 Å². The van der Waals surface area contributed by atoms with Gasteiger partial charge in [0.2, 0.25) is 0 Å². The smallest absolute Gasteiger partial charge is 0.412 e. The molecule has 0 saturated carbocycles. The normalized spacial score (nSPS) is 11.8. The fraction of sp³-hybridized carbons (Fsp3) is 0.231. The zero-order valence-corrected chi connectivity index (χ0v) is 18.6. The molecule has 0 aromatic heterocycles. The minimum Gasteiger partial charge on any atom is -0.491 e. The molecule has 0 fully saturated rings. The van der Waals surface area contributed by atoms with Crippen LogP contribution in [0.1, 0.15) is 30.9 Å². The van der Waals surface area contributed by atoms with Gasteiger partial charge in [0, 0.05) is 11.5 Å². The van der Waals surface area contributed by atoms with Crippen LogP contribution in [-0.4, -0.2) is 35.5 Å². The Hall–Kier alpha value is -3.88. The number of allylic oxidation sites excluding steroid dienone is 1. The summed E-state index contributed by atoms with van der Waals surface area (Å²) in [5.74, 6) is -0.0369. The van der Waals surface area contributed by atoms with Gasteiger partial charge >= 0.3 is 6.09 Å². The number of hydrogen-bond acceptors (Lipinski definition) is 6. The Morgan fingerprint density at radius 1 is 1.03 bits per heavy atom. The molecule has 3 rings (SSSR count). The highest BCUT2D eigenvalue weighted by atomic mass is 16.6. The van der Waals surface area contributed by atoms with E-state index in [1.54, 1.807) is 29.8 Å². The largest absolute Gasteiger partial charge is 0.491 e. The highest BCUT2D eigenvalue weighted by molar-refractivity contribution is 6.00. The Balaban J connectivity index is 1.72. The van der Waals surface area contributed by atoms with Crippen LogP contribution in [0.15, 0.2) is 78.9 Å². The first kappa shape index (κ1) is 24.8. The van der Waals surface area contributed by atoms with Gasteiger partial charge in [-0.3, -0.25) is 15.3 Å². The number of amides is 2. The number of aliphatic hydroxyl groups excluding tert-OH is 1. The van der Waals surface area contributed by atoms with E-state index in [0.29, 0.717) is 30.7 Å². The van der Waals surface area contributed by atoms with Crippen molar-refractivity contribution >= 4 is 28.5 Å². The fourth-order valence-corrected chi connectivity index (χ4v) is 3.51. The number of hydrogen-bond donors (Lipinski definition) is 4. The number of rotatable bonds is 11. The Bertz CT molecular complexity index is 1130. The predicted octanol–water partition coefficient (Wildman–Crippen LogP) is 4.73. The van der Waals surface area contributed by atoms with Crippen molar-refractivity contribution in [3.05, 3.63) is 84.4 Å². The Labute approximate surface area is 197 Å². The van der Waals surface area contributed by atoms with Crippen LogP contribution in [0.4, 0.5) is 10.5 Å². The summed E-state index contributed by atoms with van der Waals surface area (Å²) in [6.07, 6.45) is 3.41. The van der Waals surface area contributed by atoms with E-state index < -0.39 is 18.1 Å². The van der Waals surface area contributed by atoms with E-state index in [-0.39, 0.29) is 13.2 Å². The van der Waals surface area contributed by atoms with Gasteiger partial charge < -0.3 is 14.6 Å². The zero-order chi connectivity index (χ0) is 24.2. The summed E-state index contributed by atoms with van der Waals surface area (Å²) in [4.78, 5) is 23.9. The molecule has 4 N–H and O–H groups in total. The molecule has 1 atom stereocenters. The molecule has 0 bridgehead atoms. The average Bonchev–Trinajstić information content (AvgIpc) is 2.86. The number of hydroxylamine groups is 1. The topological polar surface area (TPSA) is 117 Å². The fourth-order valence-electron chi connectivity index (χ4n) is 3.51. The first-order valence-electron chi connectivity index (χ1n) is 11.0. The van der Waals surface area contributed by atoms with Crippen molar-refractivity contribution in [3.8, 4) is 5.75 Å². The van der Waals surface area contributed by atoms with E-state index in [4.69, 9.17) is 19.8 Å². The Morgan fingerprint density at radius 3 is 2.65 bits per heavy atom. The molecule has 178 valence electrons. The van der Waals surface area contributed by atoms with Gasteiger partial charge in [-0.15, -0.1) is 0 Å². The van der Waals surface area contributed by atoms with Crippen molar-refractivity contribution < 1.29 is 29.4 Å². The molecule has 2 amide bonds. The molecule has 0 radical (unpaired) electrons. The van der Waals surface area contributed by atoms with Gasteiger partial charge in [0.05, 0.1) is 12.3 Å². The van der Waals surface area contributed by atoms with Crippen molar-refractivity contribution in [2.75, 3.05) is 18.5 Å². The molecule has 0 aliphatic rings. The second-order valence-corrected chi connectivity index (χ2v) is 7.50. The number of benzene rings is 3. The van der Waals surface area contributed by atoms with E-state index in [9.17, 15) is 9.59 Å². The third-order valence-corrected chi connectivity index (χ3v) is 5.08. The molecule has 0 aliphatic heterocycles. The van der Waals surface area contributed by atoms with Crippen molar-refractivity contribution in [2.24, 2.45) is 0 Å². The molecule has 0 heterocycles. The SMILES string of the molecule is O=C(/C=C/CCC[C@H](OC(=O)Nc1cccc2ccccc12)c1cccc(OCCO)c1)NO. The van der Waals surface area contributed by atoms with Crippen molar-refractivity contribution in [1.82, 2.24) is 5.48 Å². The van der Waals surface area contributed by atoms with E-state index in [1.165, 1.54) is 6.08 Å². The van der Waals surface area contributed by atoms with Crippen molar-refractivity contribution in [1.29, 1.82) is 0 Å². The summed E-state index contributed by atoms with van der Waals surface area (Å²) in [5.41, 5.74) is 2.94. The highest BCUT2D eigenvalue weighted by Crippen LogP contribution is 2.29. The minimum absolute atomic E-state index is 0.106. The van der Waals surface area contributed by atoms with Crippen LogP contribution in [0.25, 0.3) is 10.8 Å². The lowest BCUT2D eigenvalue weighted by atomic mass is 10.0. The van der Waals surface area contributed by atoms with Gasteiger partial charge in [0.1, 0.15) is 18.5 Å². The van der Waals surface area contributed by atoms with Gasteiger partial charge in [0.25, 0.3) is 5.91 Å². The zero-order valence-electron chi connectivity index (χ0n) is 18.6. The molecule has 0 spiro atoms. The van der Waals surface area contributed by atoms with Gasteiger partial charge in [-0.2, -0.15) is 0 Å². The summed E-state index contributed by atoms with van der Waals surface area (Å²) in [6.45, 7) is 0.0552. The maximum Gasteiger partial charge on any atom is 0.412 e. The van der Waals surface area contributed by atoms with Gasteiger partial charge in [-0.1, -0.05) is 54.6 Å². The summed E-state index contributed by atoms with van der Waals surface area (Å²) in [7, 11) is 0. The Kier molecular flexibility index (Phi) is 9.45.